The standard InChI is InChI=1S/C9H15NO3/c1-5-13-9(12)7(4)8(11)10-6(2)3/h6H,4-5H2,1-3H3,(H,10,11). The van der Waals surface area contributed by atoms with Crippen LogP contribution < -0.4 is 5.32 Å². The first-order valence-corrected chi connectivity index (χ1v) is 4.16. The summed E-state index contributed by atoms with van der Waals surface area (Å²) in [4.78, 5) is 22.1. The van der Waals surface area contributed by atoms with Crippen molar-refractivity contribution in [3.8, 4) is 0 Å². The molecule has 4 heteroatoms. The van der Waals surface area contributed by atoms with Crippen molar-refractivity contribution in [3.63, 3.8) is 0 Å². The number of amides is 1. The van der Waals surface area contributed by atoms with Gasteiger partial charge < -0.3 is 10.1 Å². The van der Waals surface area contributed by atoms with E-state index >= 15 is 0 Å². The highest BCUT2D eigenvalue weighted by Crippen LogP contribution is 1.95. The first-order valence-electron chi connectivity index (χ1n) is 4.16. The summed E-state index contributed by atoms with van der Waals surface area (Å²) in [5.74, 6) is -1.14. The van der Waals surface area contributed by atoms with Gasteiger partial charge in [0.15, 0.2) is 0 Å². The fourth-order valence-electron chi connectivity index (χ4n) is 0.660. The Morgan fingerprint density at radius 1 is 1.46 bits per heavy atom. The zero-order valence-electron chi connectivity index (χ0n) is 8.22. The van der Waals surface area contributed by atoms with Crippen molar-refractivity contribution in [2.75, 3.05) is 6.61 Å². The van der Waals surface area contributed by atoms with E-state index in [0.717, 1.165) is 0 Å². The Bertz CT molecular complexity index is 221. The predicted molar refractivity (Wildman–Crippen MR) is 49.1 cm³/mol. The zero-order chi connectivity index (χ0) is 10.4. The molecule has 13 heavy (non-hydrogen) atoms. The average molecular weight is 185 g/mol. The lowest BCUT2D eigenvalue weighted by Crippen LogP contribution is -2.33. The molecule has 0 bridgehead atoms. The Morgan fingerprint density at radius 2 is 2.00 bits per heavy atom. The van der Waals surface area contributed by atoms with Crippen LogP contribution in [0.5, 0.6) is 0 Å². The quantitative estimate of drug-likeness (QED) is 0.302. The van der Waals surface area contributed by atoms with Gasteiger partial charge in [0.05, 0.1) is 6.61 Å². The Hall–Kier alpha value is -1.32. The maximum absolute atomic E-state index is 11.2. The normalized spacial score (nSPS) is 9.54. The molecule has 0 radical (unpaired) electrons. The minimum Gasteiger partial charge on any atom is -0.462 e. The number of nitrogens with one attached hydrogen (secondary N) is 1. The van der Waals surface area contributed by atoms with Crippen molar-refractivity contribution in [1.82, 2.24) is 5.32 Å². The van der Waals surface area contributed by atoms with Crippen LogP contribution in [0.1, 0.15) is 20.8 Å². The van der Waals surface area contributed by atoms with E-state index in [1.807, 2.05) is 0 Å². The third kappa shape index (κ3) is 4.30. The molecule has 0 aromatic rings. The lowest BCUT2D eigenvalue weighted by molar-refractivity contribution is -0.140. The van der Waals surface area contributed by atoms with E-state index in [1.165, 1.54) is 0 Å². The summed E-state index contributed by atoms with van der Waals surface area (Å²) in [6.07, 6.45) is 0. The van der Waals surface area contributed by atoms with Crippen LogP contribution in [0.25, 0.3) is 0 Å². The van der Waals surface area contributed by atoms with Crippen molar-refractivity contribution in [2.45, 2.75) is 26.8 Å². The molecule has 0 aromatic heterocycles. The van der Waals surface area contributed by atoms with Crippen LogP contribution in [0.2, 0.25) is 0 Å². The second kappa shape index (κ2) is 5.35. The van der Waals surface area contributed by atoms with Gasteiger partial charge in [0, 0.05) is 6.04 Å². The van der Waals surface area contributed by atoms with E-state index < -0.39 is 11.9 Å². The van der Waals surface area contributed by atoms with E-state index in [2.05, 4.69) is 16.6 Å². The van der Waals surface area contributed by atoms with Gasteiger partial charge in [-0.25, -0.2) is 4.79 Å². The molecule has 0 aliphatic carbocycles. The molecule has 0 fully saturated rings. The molecule has 0 unspecified atom stereocenters. The molecule has 0 saturated carbocycles. The molecule has 0 aliphatic rings. The van der Waals surface area contributed by atoms with Crippen molar-refractivity contribution in [1.29, 1.82) is 0 Å². The molecule has 0 aromatic carbocycles. The minimum absolute atomic E-state index is 0.0151. The first kappa shape index (κ1) is 11.7. The van der Waals surface area contributed by atoms with Gasteiger partial charge in [-0.1, -0.05) is 6.58 Å². The van der Waals surface area contributed by atoms with E-state index in [9.17, 15) is 9.59 Å². The minimum atomic E-state index is -0.666. The molecule has 74 valence electrons. The van der Waals surface area contributed by atoms with Gasteiger partial charge in [-0.15, -0.1) is 0 Å². The van der Waals surface area contributed by atoms with Gasteiger partial charge >= 0.3 is 5.97 Å². The van der Waals surface area contributed by atoms with Crippen molar-refractivity contribution >= 4 is 11.9 Å². The summed E-state index contributed by atoms with van der Waals surface area (Å²) in [6.45, 7) is 8.86. The third-order valence-corrected chi connectivity index (χ3v) is 1.22. The van der Waals surface area contributed by atoms with Crippen LogP contribution in [0.3, 0.4) is 0 Å². The lowest BCUT2D eigenvalue weighted by Gasteiger charge is -2.09. The highest BCUT2D eigenvalue weighted by molar-refractivity contribution is 6.15. The fourth-order valence-corrected chi connectivity index (χ4v) is 0.660. The smallest absolute Gasteiger partial charge is 0.343 e. The van der Waals surface area contributed by atoms with Crippen molar-refractivity contribution in [3.05, 3.63) is 12.2 Å². The molecule has 0 atom stereocenters. The van der Waals surface area contributed by atoms with Crippen molar-refractivity contribution < 1.29 is 14.3 Å². The van der Waals surface area contributed by atoms with Crippen LogP contribution in [0, 0.1) is 0 Å². The zero-order valence-corrected chi connectivity index (χ0v) is 8.22. The van der Waals surface area contributed by atoms with Crippen LogP contribution >= 0.6 is 0 Å². The molecule has 0 heterocycles. The average Bonchev–Trinajstić information content (AvgIpc) is 2.02. The molecule has 4 nitrogen and oxygen atoms in total. The molecule has 0 rings (SSSR count). The number of ether oxygens (including phenoxy) is 1. The Balaban J connectivity index is 4.10. The number of carbonyl (C=O) groups excluding carboxylic acids is 2. The Kier molecular flexibility index (Phi) is 4.80. The molecule has 1 N–H and O–H groups in total. The SMILES string of the molecule is C=C(C(=O)NC(C)C)C(=O)OCC. The monoisotopic (exact) mass is 185 g/mol. The Labute approximate surface area is 78.0 Å². The van der Waals surface area contributed by atoms with E-state index in [-0.39, 0.29) is 18.2 Å². The maximum Gasteiger partial charge on any atom is 0.343 e. The van der Waals surface area contributed by atoms with E-state index in [4.69, 9.17) is 0 Å². The molecule has 0 aliphatic heterocycles. The number of rotatable bonds is 4. The van der Waals surface area contributed by atoms with Crippen LogP contribution in [0.15, 0.2) is 12.2 Å². The second-order valence-corrected chi connectivity index (χ2v) is 2.83. The lowest BCUT2D eigenvalue weighted by atomic mass is 10.2. The molecule has 0 spiro atoms. The van der Waals surface area contributed by atoms with Crippen molar-refractivity contribution in [2.24, 2.45) is 0 Å². The summed E-state index contributed by atoms with van der Waals surface area (Å²) in [6, 6.07) is -0.0151. The topological polar surface area (TPSA) is 55.4 Å². The first-order chi connectivity index (χ1) is 5.99. The summed E-state index contributed by atoms with van der Waals surface area (Å²) in [7, 11) is 0. The number of hydrogen-bond acceptors (Lipinski definition) is 3. The van der Waals surface area contributed by atoms with Crippen LogP contribution in [0.4, 0.5) is 0 Å². The number of carbonyl (C=O) groups is 2. The van der Waals surface area contributed by atoms with Gasteiger partial charge in [-0.2, -0.15) is 0 Å². The molecular formula is C9H15NO3. The highest BCUT2D eigenvalue weighted by Gasteiger charge is 2.16. The third-order valence-electron chi connectivity index (χ3n) is 1.22. The van der Waals surface area contributed by atoms with Gasteiger partial charge in [0.25, 0.3) is 5.91 Å². The molecular weight excluding hydrogens is 170 g/mol. The van der Waals surface area contributed by atoms with Gasteiger partial charge in [0.2, 0.25) is 0 Å². The largest absolute Gasteiger partial charge is 0.462 e. The molecule has 1 amide bonds. The summed E-state index contributed by atoms with van der Waals surface area (Å²) in [5.41, 5.74) is -0.157. The summed E-state index contributed by atoms with van der Waals surface area (Å²) < 4.78 is 4.61. The summed E-state index contributed by atoms with van der Waals surface area (Å²) in [5, 5.41) is 2.54. The second-order valence-electron chi connectivity index (χ2n) is 2.83. The number of hydrogen-bond donors (Lipinski definition) is 1. The van der Waals surface area contributed by atoms with E-state index in [0.29, 0.717) is 0 Å². The van der Waals surface area contributed by atoms with Crippen LogP contribution in [-0.2, 0) is 14.3 Å². The van der Waals surface area contributed by atoms with E-state index in [1.54, 1.807) is 20.8 Å². The highest BCUT2D eigenvalue weighted by atomic mass is 16.5. The van der Waals surface area contributed by atoms with Gasteiger partial charge in [-0.3, -0.25) is 4.79 Å². The maximum atomic E-state index is 11.2. The van der Waals surface area contributed by atoms with Crippen LogP contribution in [-0.4, -0.2) is 24.5 Å². The summed E-state index contributed by atoms with van der Waals surface area (Å²) >= 11 is 0. The fraction of sp³-hybridized carbons (Fsp3) is 0.556. The molecule has 0 saturated heterocycles. The van der Waals surface area contributed by atoms with Gasteiger partial charge in [0.1, 0.15) is 5.57 Å². The van der Waals surface area contributed by atoms with Gasteiger partial charge in [-0.05, 0) is 20.8 Å². The predicted octanol–water partition coefficient (Wildman–Crippen LogP) is 0.630. The Morgan fingerprint density at radius 3 is 2.38 bits per heavy atom. The number of esters is 1.